The zero-order valence-electron chi connectivity index (χ0n) is 9.86. The minimum atomic E-state index is -0.500. The Bertz CT molecular complexity index is 429. The van der Waals surface area contributed by atoms with Crippen molar-refractivity contribution in [3.05, 3.63) is 23.8 Å². The van der Waals surface area contributed by atoms with E-state index in [4.69, 9.17) is 15.2 Å². The number of methoxy groups -OCH3 is 2. The molecule has 5 nitrogen and oxygen atoms in total. The van der Waals surface area contributed by atoms with E-state index in [0.717, 1.165) is 0 Å². The molecule has 0 saturated heterocycles. The van der Waals surface area contributed by atoms with Gasteiger partial charge in [0.1, 0.15) is 0 Å². The third-order valence-electron chi connectivity index (χ3n) is 2.30. The van der Waals surface area contributed by atoms with Gasteiger partial charge in [-0.3, -0.25) is 9.59 Å². The standard InChI is InChI=1S/C12H15NO4/c1-16-10-5-3-4-8(12(10)17-2)9(14)6-7-11(13)15/h3-5H,6-7H2,1-2H3,(H2,13,15). The van der Waals surface area contributed by atoms with Crippen molar-refractivity contribution in [2.45, 2.75) is 12.8 Å². The molecule has 0 aliphatic rings. The Morgan fingerprint density at radius 3 is 2.41 bits per heavy atom. The van der Waals surface area contributed by atoms with Crippen LogP contribution >= 0.6 is 0 Å². The summed E-state index contributed by atoms with van der Waals surface area (Å²) >= 11 is 0. The molecule has 1 amide bonds. The van der Waals surface area contributed by atoms with Gasteiger partial charge in [0.2, 0.25) is 5.91 Å². The fourth-order valence-electron chi connectivity index (χ4n) is 1.48. The monoisotopic (exact) mass is 237 g/mol. The van der Waals surface area contributed by atoms with Crippen LogP contribution < -0.4 is 15.2 Å². The number of rotatable bonds is 6. The quantitative estimate of drug-likeness (QED) is 0.753. The molecule has 2 N–H and O–H groups in total. The predicted octanol–water partition coefficient (Wildman–Crippen LogP) is 1.15. The second-order valence-corrected chi connectivity index (χ2v) is 3.43. The van der Waals surface area contributed by atoms with Crippen molar-refractivity contribution in [3.63, 3.8) is 0 Å². The molecule has 0 aromatic heterocycles. The van der Waals surface area contributed by atoms with Gasteiger partial charge < -0.3 is 15.2 Å². The molecule has 0 saturated carbocycles. The van der Waals surface area contributed by atoms with Gasteiger partial charge in [-0.2, -0.15) is 0 Å². The average molecular weight is 237 g/mol. The number of amides is 1. The highest BCUT2D eigenvalue weighted by molar-refractivity contribution is 6.00. The van der Waals surface area contributed by atoms with E-state index in [0.29, 0.717) is 17.1 Å². The number of nitrogens with two attached hydrogens (primary N) is 1. The van der Waals surface area contributed by atoms with Gasteiger partial charge in [-0.05, 0) is 12.1 Å². The lowest BCUT2D eigenvalue weighted by Gasteiger charge is -2.11. The minimum absolute atomic E-state index is 0.0270. The van der Waals surface area contributed by atoms with Gasteiger partial charge in [0.05, 0.1) is 19.8 Å². The maximum absolute atomic E-state index is 11.9. The second-order valence-electron chi connectivity index (χ2n) is 3.43. The number of hydrogen-bond donors (Lipinski definition) is 1. The molecule has 0 bridgehead atoms. The summed E-state index contributed by atoms with van der Waals surface area (Å²) in [6.45, 7) is 0. The molecule has 0 radical (unpaired) electrons. The zero-order valence-corrected chi connectivity index (χ0v) is 9.86. The van der Waals surface area contributed by atoms with Crippen LogP contribution in [0.4, 0.5) is 0 Å². The Morgan fingerprint density at radius 2 is 1.88 bits per heavy atom. The molecule has 1 aromatic carbocycles. The van der Waals surface area contributed by atoms with Crippen LogP contribution in [-0.4, -0.2) is 25.9 Å². The van der Waals surface area contributed by atoms with Crippen LogP contribution in [0.5, 0.6) is 11.5 Å². The van der Waals surface area contributed by atoms with Crippen molar-refractivity contribution < 1.29 is 19.1 Å². The molecule has 0 spiro atoms. The molecule has 1 aromatic rings. The molecule has 0 heterocycles. The van der Waals surface area contributed by atoms with E-state index in [2.05, 4.69) is 0 Å². The van der Waals surface area contributed by atoms with Gasteiger partial charge in [-0.1, -0.05) is 6.07 Å². The molecule has 17 heavy (non-hydrogen) atoms. The van der Waals surface area contributed by atoms with E-state index in [1.54, 1.807) is 18.2 Å². The number of ether oxygens (including phenoxy) is 2. The summed E-state index contributed by atoms with van der Waals surface area (Å²) in [5, 5.41) is 0. The summed E-state index contributed by atoms with van der Waals surface area (Å²) in [6.07, 6.45) is 0.0953. The van der Waals surface area contributed by atoms with Gasteiger partial charge in [-0.15, -0.1) is 0 Å². The summed E-state index contributed by atoms with van der Waals surface area (Å²) in [5.74, 6) is 0.168. The molecule has 5 heteroatoms. The Kier molecular flexibility index (Phi) is 4.51. The van der Waals surface area contributed by atoms with E-state index in [1.807, 2.05) is 0 Å². The predicted molar refractivity (Wildman–Crippen MR) is 62.3 cm³/mol. The van der Waals surface area contributed by atoms with Crippen LogP contribution in [-0.2, 0) is 4.79 Å². The number of primary amides is 1. The lowest BCUT2D eigenvalue weighted by Crippen LogP contribution is -2.13. The largest absolute Gasteiger partial charge is 0.493 e. The third kappa shape index (κ3) is 3.21. The maximum atomic E-state index is 11.9. The highest BCUT2D eigenvalue weighted by atomic mass is 16.5. The Morgan fingerprint density at radius 1 is 1.18 bits per heavy atom. The smallest absolute Gasteiger partial charge is 0.217 e. The minimum Gasteiger partial charge on any atom is -0.493 e. The number of hydrogen-bond acceptors (Lipinski definition) is 4. The Hall–Kier alpha value is -2.04. The zero-order chi connectivity index (χ0) is 12.8. The first-order valence-electron chi connectivity index (χ1n) is 5.12. The van der Waals surface area contributed by atoms with Crippen LogP contribution in [0.25, 0.3) is 0 Å². The van der Waals surface area contributed by atoms with Crippen molar-refractivity contribution in [2.75, 3.05) is 14.2 Å². The first-order valence-corrected chi connectivity index (χ1v) is 5.12. The van der Waals surface area contributed by atoms with Crippen LogP contribution in [0.1, 0.15) is 23.2 Å². The Balaban J connectivity index is 2.96. The summed E-state index contributed by atoms with van der Waals surface area (Å²) in [4.78, 5) is 22.5. The summed E-state index contributed by atoms with van der Waals surface area (Å²) in [7, 11) is 2.96. The third-order valence-corrected chi connectivity index (χ3v) is 2.30. The van der Waals surface area contributed by atoms with E-state index < -0.39 is 5.91 Å². The topological polar surface area (TPSA) is 78.6 Å². The fraction of sp³-hybridized carbons (Fsp3) is 0.333. The first-order chi connectivity index (χ1) is 8.10. The summed E-state index contributed by atoms with van der Waals surface area (Å²) in [6, 6.07) is 5.02. The molecule has 0 aliphatic carbocycles. The van der Waals surface area contributed by atoms with Crippen LogP contribution in [0.15, 0.2) is 18.2 Å². The molecular weight excluding hydrogens is 222 g/mol. The molecule has 0 aliphatic heterocycles. The van der Waals surface area contributed by atoms with Crippen molar-refractivity contribution in [3.8, 4) is 11.5 Å². The number of para-hydroxylation sites is 1. The summed E-state index contributed by atoms with van der Waals surface area (Å²) < 4.78 is 10.2. The van der Waals surface area contributed by atoms with Gasteiger partial charge >= 0.3 is 0 Å². The molecular formula is C12H15NO4. The number of carbonyl (C=O) groups excluding carboxylic acids is 2. The van der Waals surface area contributed by atoms with E-state index in [-0.39, 0.29) is 18.6 Å². The lowest BCUT2D eigenvalue weighted by atomic mass is 10.0. The average Bonchev–Trinajstić information content (AvgIpc) is 2.34. The second kappa shape index (κ2) is 5.89. The summed E-state index contributed by atoms with van der Waals surface area (Å²) in [5.41, 5.74) is 5.39. The van der Waals surface area contributed by atoms with Crippen LogP contribution in [0.2, 0.25) is 0 Å². The number of carbonyl (C=O) groups is 2. The number of Topliss-reactive ketones (excluding diaryl/α,β-unsaturated/α-hetero) is 1. The van der Waals surface area contributed by atoms with Crippen molar-refractivity contribution in [1.82, 2.24) is 0 Å². The van der Waals surface area contributed by atoms with Crippen molar-refractivity contribution >= 4 is 11.7 Å². The fourth-order valence-corrected chi connectivity index (χ4v) is 1.48. The number of ketones is 1. The normalized spacial score (nSPS) is 9.76. The molecule has 0 fully saturated rings. The molecule has 0 atom stereocenters. The Labute approximate surface area is 99.5 Å². The number of benzene rings is 1. The van der Waals surface area contributed by atoms with Crippen LogP contribution in [0.3, 0.4) is 0 Å². The first kappa shape index (κ1) is 13.0. The molecule has 1 rings (SSSR count). The van der Waals surface area contributed by atoms with E-state index in [9.17, 15) is 9.59 Å². The molecule has 92 valence electrons. The van der Waals surface area contributed by atoms with Crippen LogP contribution in [0, 0.1) is 0 Å². The SMILES string of the molecule is COc1cccc(C(=O)CCC(N)=O)c1OC. The van der Waals surface area contributed by atoms with Gasteiger partial charge in [-0.25, -0.2) is 0 Å². The van der Waals surface area contributed by atoms with E-state index in [1.165, 1.54) is 14.2 Å². The molecule has 0 unspecified atom stereocenters. The maximum Gasteiger partial charge on any atom is 0.217 e. The van der Waals surface area contributed by atoms with Gasteiger partial charge in [0.25, 0.3) is 0 Å². The lowest BCUT2D eigenvalue weighted by molar-refractivity contribution is -0.118. The highest BCUT2D eigenvalue weighted by Crippen LogP contribution is 2.31. The van der Waals surface area contributed by atoms with Crippen molar-refractivity contribution in [2.24, 2.45) is 5.73 Å². The van der Waals surface area contributed by atoms with Gasteiger partial charge in [0.15, 0.2) is 17.3 Å². The van der Waals surface area contributed by atoms with Crippen molar-refractivity contribution in [1.29, 1.82) is 0 Å². The van der Waals surface area contributed by atoms with Gasteiger partial charge in [0, 0.05) is 12.8 Å². The van der Waals surface area contributed by atoms with E-state index >= 15 is 0 Å². The highest BCUT2D eigenvalue weighted by Gasteiger charge is 2.16.